The van der Waals surface area contributed by atoms with E-state index in [1.54, 1.807) is 12.8 Å². The van der Waals surface area contributed by atoms with E-state index >= 15 is 0 Å². The minimum Gasteiger partial charge on any atom is -0.0977 e. The first kappa shape index (κ1) is 13.5. The quantitative estimate of drug-likeness (QED) is 0.553. The first-order valence-corrected chi connectivity index (χ1v) is 8.53. The summed E-state index contributed by atoms with van der Waals surface area (Å²) < 4.78 is 0. The van der Waals surface area contributed by atoms with Crippen molar-refractivity contribution in [2.45, 2.75) is 89.6 Å². The number of hydrogen-bond donors (Lipinski definition) is 0. The molecule has 1 fully saturated rings. The van der Waals surface area contributed by atoms with Crippen LogP contribution in [-0.4, -0.2) is 17.0 Å². The highest BCUT2D eigenvalue weighted by molar-refractivity contribution is 7.59. The van der Waals surface area contributed by atoms with E-state index in [2.05, 4.69) is 27.7 Å². The summed E-state index contributed by atoms with van der Waals surface area (Å²) in [6.45, 7) is 9.77. The van der Waals surface area contributed by atoms with E-state index in [0.29, 0.717) is 7.92 Å². The maximum absolute atomic E-state index is 2.51. The molecule has 1 aliphatic carbocycles. The molecule has 1 rings (SSSR count). The van der Waals surface area contributed by atoms with Crippen LogP contribution >= 0.6 is 7.92 Å². The van der Waals surface area contributed by atoms with Gasteiger partial charge in [-0.3, -0.25) is 0 Å². The van der Waals surface area contributed by atoms with Gasteiger partial charge in [0.15, 0.2) is 0 Å². The summed E-state index contributed by atoms with van der Waals surface area (Å²) >= 11 is 0. The van der Waals surface area contributed by atoms with Gasteiger partial charge in [0.2, 0.25) is 0 Å². The first-order valence-electron chi connectivity index (χ1n) is 6.98. The van der Waals surface area contributed by atoms with Crippen LogP contribution in [0.4, 0.5) is 0 Å². The summed E-state index contributed by atoms with van der Waals surface area (Å²) in [6.07, 6.45) is 10.4. The van der Waals surface area contributed by atoms with Crippen molar-refractivity contribution in [2.24, 2.45) is 0 Å². The normalized spacial score (nSPS) is 24.8. The van der Waals surface area contributed by atoms with Crippen LogP contribution < -0.4 is 0 Å². The molecular formula is C14H29P. The molecule has 0 aromatic carbocycles. The standard InChI is InChI=1S/C14H29P/c1-5-12(3)15(13(4)6-2)14-10-8-7-9-11-14/h12-14H,5-11H2,1-4H3. The van der Waals surface area contributed by atoms with Gasteiger partial charge in [-0.1, -0.05) is 54.9 Å². The van der Waals surface area contributed by atoms with Crippen LogP contribution in [-0.2, 0) is 0 Å². The molecule has 0 spiro atoms. The molecule has 0 amide bonds. The molecule has 0 aromatic heterocycles. The molecule has 0 bridgehead atoms. The molecular weight excluding hydrogens is 199 g/mol. The Bertz CT molecular complexity index is 151. The Morgan fingerprint density at radius 1 is 0.933 bits per heavy atom. The lowest BCUT2D eigenvalue weighted by molar-refractivity contribution is 0.505. The Kier molecular flexibility index (Phi) is 6.20. The van der Waals surface area contributed by atoms with Gasteiger partial charge < -0.3 is 0 Å². The molecule has 15 heavy (non-hydrogen) atoms. The van der Waals surface area contributed by atoms with E-state index in [4.69, 9.17) is 0 Å². The van der Waals surface area contributed by atoms with E-state index < -0.39 is 0 Å². The fourth-order valence-corrected chi connectivity index (χ4v) is 7.07. The van der Waals surface area contributed by atoms with Crippen molar-refractivity contribution in [2.75, 3.05) is 0 Å². The summed E-state index contributed by atoms with van der Waals surface area (Å²) in [4.78, 5) is 0. The van der Waals surface area contributed by atoms with Crippen molar-refractivity contribution in [3.63, 3.8) is 0 Å². The number of rotatable bonds is 5. The van der Waals surface area contributed by atoms with Crippen molar-refractivity contribution in [3.8, 4) is 0 Å². The predicted molar refractivity (Wildman–Crippen MR) is 73.3 cm³/mol. The zero-order valence-electron chi connectivity index (χ0n) is 11.1. The fourth-order valence-electron chi connectivity index (χ4n) is 2.96. The minimum atomic E-state index is 0.299. The molecule has 0 nitrogen and oxygen atoms in total. The SMILES string of the molecule is CCC(C)P(C(C)CC)C1CCCCC1. The highest BCUT2D eigenvalue weighted by Crippen LogP contribution is 2.56. The molecule has 90 valence electrons. The van der Waals surface area contributed by atoms with Gasteiger partial charge in [0.05, 0.1) is 0 Å². The van der Waals surface area contributed by atoms with Crippen LogP contribution in [0, 0.1) is 0 Å². The van der Waals surface area contributed by atoms with E-state index in [0.717, 1.165) is 17.0 Å². The average molecular weight is 228 g/mol. The van der Waals surface area contributed by atoms with Crippen molar-refractivity contribution in [1.82, 2.24) is 0 Å². The molecule has 0 aromatic rings. The second-order valence-corrected chi connectivity index (χ2v) is 8.64. The Hall–Kier alpha value is 0.430. The minimum absolute atomic E-state index is 0.299. The van der Waals surface area contributed by atoms with E-state index in [9.17, 15) is 0 Å². The average Bonchev–Trinajstić information content (AvgIpc) is 2.30. The molecule has 2 unspecified atom stereocenters. The summed E-state index contributed by atoms with van der Waals surface area (Å²) in [7, 11) is 0.299. The molecule has 1 aliphatic rings. The third-order valence-corrected chi connectivity index (χ3v) is 8.32. The fraction of sp³-hybridized carbons (Fsp3) is 1.00. The molecule has 0 aliphatic heterocycles. The molecule has 2 atom stereocenters. The van der Waals surface area contributed by atoms with E-state index in [-0.39, 0.29) is 0 Å². The van der Waals surface area contributed by atoms with Crippen LogP contribution in [0.3, 0.4) is 0 Å². The van der Waals surface area contributed by atoms with Gasteiger partial charge in [-0.25, -0.2) is 0 Å². The van der Waals surface area contributed by atoms with Crippen LogP contribution in [0.15, 0.2) is 0 Å². The summed E-state index contributed by atoms with van der Waals surface area (Å²) in [6, 6.07) is 0. The van der Waals surface area contributed by atoms with Crippen molar-refractivity contribution in [1.29, 1.82) is 0 Å². The Balaban J connectivity index is 2.60. The zero-order chi connectivity index (χ0) is 11.3. The van der Waals surface area contributed by atoms with Crippen LogP contribution in [0.5, 0.6) is 0 Å². The van der Waals surface area contributed by atoms with E-state index in [1.807, 2.05) is 0 Å². The second-order valence-electron chi connectivity index (χ2n) is 5.25. The maximum atomic E-state index is 2.51. The topological polar surface area (TPSA) is 0 Å². The lowest BCUT2D eigenvalue weighted by Crippen LogP contribution is -2.21. The Morgan fingerprint density at radius 3 is 1.80 bits per heavy atom. The highest BCUT2D eigenvalue weighted by atomic mass is 31.1. The Morgan fingerprint density at radius 2 is 1.40 bits per heavy atom. The third-order valence-electron chi connectivity index (χ3n) is 4.20. The van der Waals surface area contributed by atoms with Crippen molar-refractivity contribution >= 4 is 7.92 Å². The lowest BCUT2D eigenvalue weighted by atomic mass is 10.0. The molecule has 1 saturated carbocycles. The summed E-state index contributed by atoms with van der Waals surface area (Å²) in [5.74, 6) is 0. The monoisotopic (exact) mass is 228 g/mol. The summed E-state index contributed by atoms with van der Waals surface area (Å²) in [5, 5.41) is 0. The van der Waals surface area contributed by atoms with Gasteiger partial charge >= 0.3 is 0 Å². The smallest absolute Gasteiger partial charge is 0.0204 e. The summed E-state index contributed by atoms with van der Waals surface area (Å²) in [5.41, 5.74) is 3.11. The second kappa shape index (κ2) is 6.89. The van der Waals surface area contributed by atoms with Gasteiger partial charge in [-0.2, -0.15) is 0 Å². The van der Waals surface area contributed by atoms with Crippen molar-refractivity contribution in [3.05, 3.63) is 0 Å². The largest absolute Gasteiger partial charge is 0.0977 e. The van der Waals surface area contributed by atoms with Gasteiger partial charge in [-0.15, -0.1) is 0 Å². The molecule has 0 N–H and O–H groups in total. The highest BCUT2D eigenvalue weighted by Gasteiger charge is 2.29. The van der Waals surface area contributed by atoms with Gasteiger partial charge in [0.1, 0.15) is 0 Å². The van der Waals surface area contributed by atoms with Gasteiger partial charge in [-0.05, 0) is 42.7 Å². The predicted octanol–water partition coefficient (Wildman–Crippen LogP) is 5.40. The van der Waals surface area contributed by atoms with Crippen LogP contribution in [0.2, 0.25) is 0 Å². The molecule has 0 saturated heterocycles. The molecule has 1 heteroatoms. The van der Waals surface area contributed by atoms with E-state index in [1.165, 1.54) is 32.1 Å². The molecule has 0 heterocycles. The maximum Gasteiger partial charge on any atom is -0.0204 e. The number of hydrogen-bond acceptors (Lipinski definition) is 0. The van der Waals surface area contributed by atoms with Crippen molar-refractivity contribution < 1.29 is 0 Å². The van der Waals surface area contributed by atoms with Gasteiger partial charge in [0, 0.05) is 0 Å². The van der Waals surface area contributed by atoms with Gasteiger partial charge in [0.25, 0.3) is 0 Å². The molecule has 0 radical (unpaired) electrons. The first-order chi connectivity index (χ1) is 7.20. The van der Waals surface area contributed by atoms with Crippen LogP contribution in [0.1, 0.15) is 72.6 Å². The zero-order valence-corrected chi connectivity index (χ0v) is 12.0. The Labute approximate surface area is 98.0 Å². The van der Waals surface area contributed by atoms with Crippen LogP contribution in [0.25, 0.3) is 0 Å². The third kappa shape index (κ3) is 3.74. The lowest BCUT2D eigenvalue weighted by Gasteiger charge is -2.38.